The predicted molar refractivity (Wildman–Crippen MR) is 86.0 cm³/mol. The third-order valence-electron chi connectivity index (χ3n) is 2.94. The second-order valence-corrected chi connectivity index (χ2v) is 5.10. The molecule has 0 bridgehead atoms. The molecule has 3 rings (SSSR count). The van der Waals surface area contributed by atoms with Crippen LogP contribution in [0.4, 0.5) is 5.69 Å². The maximum Gasteiger partial charge on any atom is 0.0613 e. The van der Waals surface area contributed by atoms with Crippen molar-refractivity contribution in [2.75, 3.05) is 5.43 Å². The number of rotatable bonds is 3. The molecule has 0 saturated carbocycles. The first-order chi connectivity index (χ1) is 9.74. The number of H-pyrrole nitrogens is 1. The fourth-order valence-corrected chi connectivity index (χ4v) is 2.24. The van der Waals surface area contributed by atoms with Gasteiger partial charge >= 0.3 is 0 Å². The quantitative estimate of drug-likeness (QED) is 0.523. The van der Waals surface area contributed by atoms with E-state index in [1.807, 2.05) is 36.5 Å². The molecule has 0 aliphatic heterocycles. The number of aromatic nitrogens is 1. The lowest BCUT2D eigenvalue weighted by atomic mass is 10.2. The van der Waals surface area contributed by atoms with E-state index in [-0.39, 0.29) is 0 Å². The number of benzene rings is 2. The third-order valence-corrected chi connectivity index (χ3v) is 3.68. The number of nitrogens with zero attached hydrogens (tertiary/aromatic N) is 1. The van der Waals surface area contributed by atoms with Crippen molar-refractivity contribution >= 4 is 46.0 Å². The van der Waals surface area contributed by atoms with Gasteiger partial charge in [0.15, 0.2) is 0 Å². The van der Waals surface area contributed by atoms with E-state index in [0.29, 0.717) is 10.0 Å². The molecule has 20 heavy (non-hydrogen) atoms. The molecule has 0 aliphatic carbocycles. The molecular weight excluding hydrogens is 293 g/mol. The van der Waals surface area contributed by atoms with Gasteiger partial charge in [-0.1, -0.05) is 41.4 Å². The zero-order valence-electron chi connectivity index (χ0n) is 10.4. The van der Waals surface area contributed by atoms with Crippen LogP contribution in [0.25, 0.3) is 10.9 Å². The van der Waals surface area contributed by atoms with Crippen LogP contribution >= 0.6 is 23.2 Å². The third kappa shape index (κ3) is 2.64. The number of anilines is 1. The van der Waals surface area contributed by atoms with Crippen LogP contribution in [0.5, 0.6) is 0 Å². The number of nitrogens with one attached hydrogen (secondary N) is 2. The SMILES string of the molecule is Clc1ccc(NN=Cc2c[nH]c3ccccc23)cc1Cl. The number of fused-ring (bicyclic) bond motifs is 1. The van der Waals surface area contributed by atoms with Gasteiger partial charge in [0.2, 0.25) is 0 Å². The smallest absolute Gasteiger partial charge is 0.0613 e. The Balaban J connectivity index is 1.79. The van der Waals surface area contributed by atoms with Gasteiger partial charge in [-0.2, -0.15) is 5.10 Å². The van der Waals surface area contributed by atoms with Gasteiger partial charge in [-0.3, -0.25) is 5.43 Å². The van der Waals surface area contributed by atoms with Gasteiger partial charge < -0.3 is 4.98 Å². The van der Waals surface area contributed by atoms with Gasteiger partial charge in [0.05, 0.1) is 21.9 Å². The van der Waals surface area contributed by atoms with Gasteiger partial charge in [0, 0.05) is 22.7 Å². The second kappa shape index (κ2) is 5.57. The maximum absolute atomic E-state index is 5.94. The van der Waals surface area contributed by atoms with Crippen molar-refractivity contribution in [3.05, 3.63) is 64.3 Å². The zero-order chi connectivity index (χ0) is 13.9. The summed E-state index contributed by atoms with van der Waals surface area (Å²) in [6.45, 7) is 0. The topological polar surface area (TPSA) is 40.2 Å². The Labute approximate surface area is 126 Å². The van der Waals surface area contributed by atoms with Crippen molar-refractivity contribution in [3.63, 3.8) is 0 Å². The molecule has 0 fully saturated rings. The molecule has 0 unspecified atom stereocenters. The van der Waals surface area contributed by atoms with Crippen molar-refractivity contribution < 1.29 is 0 Å². The normalized spacial score (nSPS) is 11.3. The molecule has 3 aromatic rings. The molecule has 3 nitrogen and oxygen atoms in total. The highest BCUT2D eigenvalue weighted by atomic mass is 35.5. The van der Waals surface area contributed by atoms with E-state index in [9.17, 15) is 0 Å². The highest BCUT2D eigenvalue weighted by molar-refractivity contribution is 6.42. The van der Waals surface area contributed by atoms with Crippen LogP contribution in [0.1, 0.15) is 5.56 Å². The Morgan fingerprint density at radius 2 is 1.90 bits per heavy atom. The standard InChI is InChI=1S/C15H11Cl2N3/c16-13-6-5-11(7-14(13)17)20-19-9-10-8-18-15-4-2-1-3-12(10)15/h1-9,18,20H. The van der Waals surface area contributed by atoms with Crippen LogP contribution in [0.3, 0.4) is 0 Å². The summed E-state index contributed by atoms with van der Waals surface area (Å²) >= 11 is 11.8. The predicted octanol–water partition coefficient (Wildman–Crippen LogP) is 4.92. The summed E-state index contributed by atoms with van der Waals surface area (Å²) in [5.41, 5.74) is 5.82. The number of aromatic amines is 1. The summed E-state index contributed by atoms with van der Waals surface area (Å²) in [5, 5.41) is 6.36. The van der Waals surface area contributed by atoms with Crippen LogP contribution in [-0.2, 0) is 0 Å². The largest absolute Gasteiger partial charge is 0.361 e. The number of hydrogen-bond donors (Lipinski definition) is 2. The summed E-state index contributed by atoms with van der Waals surface area (Å²) in [7, 11) is 0. The molecule has 2 N–H and O–H groups in total. The van der Waals surface area contributed by atoms with E-state index in [0.717, 1.165) is 22.2 Å². The average Bonchev–Trinajstić information content (AvgIpc) is 2.86. The highest BCUT2D eigenvalue weighted by Crippen LogP contribution is 2.25. The van der Waals surface area contributed by atoms with Crippen molar-refractivity contribution in [3.8, 4) is 0 Å². The number of halogens is 2. The van der Waals surface area contributed by atoms with E-state index in [1.165, 1.54) is 0 Å². The summed E-state index contributed by atoms with van der Waals surface area (Å²) < 4.78 is 0. The van der Waals surface area contributed by atoms with Gasteiger partial charge in [-0.05, 0) is 24.3 Å². The van der Waals surface area contributed by atoms with Crippen molar-refractivity contribution in [1.29, 1.82) is 0 Å². The van der Waals surface area contributed by atoms with Crippen LogP contribution < -0.4 is 5.43 Å². The van der Waals surface area contributed by atoms with Crippen LogP contribution in [0.2, 0.25) is 10.0 Å². The first kappa shape index (κ1) is 13.0. The lowest BCUT2D eigenvalue weighted by molar-refractivity contribution is 1.35. The fraction of sp³-hybridized carbons (Fsp3) is 0. The summed E-state index contributed by atoms with van der Waals surface area (Å²) in [6, 6.07) is 13.4. The molecule has 5 heteroatoms. The summed E-state index contributed by atoms with van der Waals surface area (Å²) in [4.78, 5) is 3.20. The minimum Gasteiger partial charge on any atom is -0.361 e. The highest BCUT2D eigenvalue weighted by Gasteiger charge is 2.00. The maximum atomic E-state index is 5.94. The first-order valence-electron chi connectivity index (χ1n) is 6.04. The van der Waals surface area contributed by atoms with E-state index in [4.69, 9.17) is 23.2 Å². The second-order valence-electron chi connectivity index (χ2n) is 4.29. The molecule has 0 atom stereocenters. The molecule has 0 radical (unpaired) electrons. The van der Waals surface area contributed by atoms with Crippen molar-refractivity contribution in [2.24, 2.45) is 5.10 Å². The summed E-state index contributed by atoms with van der Waals surface area (Å²) in [6.07, 6.45) is 3.69. The fourth-order valence-electron chi connectivity index (χ4n) is 1.94. The van der Waals surface area contributed by atoms with E-state index in [1.54, 1.807) is 18.3 Å². The number of para-hydroxylation sites is 1. The zero-order valence-corrected chi connectivity index (χ0v) is 11.9. The van der Waals surface area contributed by atoms with Crippen molar-refractivity contribution in [2.45, 2.75) is 0 Å². The van der Waals surface area contributed by atoms with Gasteiger partial charge in [0.25, 0.3) is 0 Å². The monoisotopic (exact) mass is 303 g/mol. The molecule has 2 aromatic carbocycles. The first-order valence-corrected chi connectivity index (χ1v) is 6.80. The van der Waals surface area contributed by atoms with Crippen LogP contribution in [0.15, 0.2) is 53.8 Å². The lowest BCUT2D eigenvalue weighted by Gasteiger charge is -2.01. The molecular formula is C15H11Cl2N3. The Hall–Kier alpha value is -1.97. The van der Waals surface area contributed by atoms with Crippen molar-refractivity contribution in [1.82, 2.24) is 4.98 Å². The minimum absolute atomic E-state index is 0.499. The van der Waals surface area contributed by atoms with E-state index in [2.05, 4.69) is 15.5 Å². The Kier molecular flexibility index (Phi) is 3.63. The molecule has 0 saturated heterocycles. The molecule has 0 aliphatic rings. The molecule has 0 amide bonds. The van der Waals surface area contributed by atoms with Crippen LogP contribution in [0, 0.1) is 0 Å². The lowest BCUT2D eigenvalue weighted by Crippen LogP contribution is -1.90. The Morgan fingerprint density at radius 3 is 2.75 bits per heavy atom. The minimum atomic E-state index is 0.499. The van der Waals surface area contributed by atoms with Gasteiger partial charge in [-0.25, -0.2) is 0 Å². The van der Waals surface area contributed by atoms with Crippen LogP contribution in [-0.4, -0.2) is 11.2 Å². The Bertz CT molecular complexity index is 778. The number of hydrazone groups is 1. The molecule has 1 heterocycles. The van der Waals surface area contributed by atoms with Gasteiger partial charge in [0.1, 0.15) is 0 Å². The Morgan fingerprint density at radius 1 is 1.05 bits per heavy atom. The average molecular weight is 304 g/mol. The van der Waals surface area contributed by atoms with Gasteiger partial charge in [-0.15, -0.1) is 0 Å². The molecule has 1 aromatic heterocycles. The van der Waals surface area contributed by atoms with E-state index < -0.39 is 0 Å². The molecule has 100 valence electrons. The molecule has 0 spiro atoms. The number of hydrogen-bond acceptors (Lipinski definition) is 2. The van der Waals surface area contributed by atoms with E-state index >= 15 is 0 Å². The summed E-state index contributed by atoms with van der Waals surface area (Å²) in [5.74, 6) is 0.